The number of nitrogens with zero attached hydrogens (tertiary/aromatic N) is 1. The third kappa shape index (κ3) is 3.23. The minimum Gasteiger partial charge on any atom is -0.281 e. The largest absolute Gasteiger partial charge is 0.281 e. The van der Waals surface area contributed by atoms with Gasteiger partial charge in [-0.1, -0.05) is 32.0 Å². The first kappa shape index (κ1) is 10.3. The summed E-state index contributed by atoms with van der Waals surface area (Å²) in [6.45, 7) is 4.34. The molecule has 69 valence electrons. The molecule has 1 radical (unpaired) electrons. The van der Waals surface area contributed by atoms with E-state index in [1.165, 1.54) is 0 Å². The van der Waals surface area contributed by atoms with Crippen molar-refractivity contribution in [2.24, 2.45) is 4.99 Å². The molecule has 2 heteroatoms. The molecular formula is C11H14NS. The van der Waals surface area contributed by atoms with Crippen LogP contribution in [0.15, 0.2) is 29.3 Å². The van der Waals surface area contributed by atoms with Crippen molar-refractivity contribution in [1.29, 1.82) is 0 Å². The fraction of sp³-hybridized carbons (Fsp3) is 0.364. The molecule has 0 spiro atoms. The molecule has 1 nitrogen and oxygen atoms in total. The van der Waals surface area contributed by atoms with E-state index in [2.05, 4.69) is 31.0 Å². The second-order valence-corrected chi connectivity index (χ2v) is 4.55. The first-order valence-electron chi connectivity index (χ1n) is 4.34. The summed E-state index contributed by atoms with van der Waals surface area (Å²) >= 11 is 1.78. The average Bonchev–Trinajstić information content (AvgIpc) is 2.15. The number of aliphatic imine (C=N–C) groups is 1. The van der Waals surface area contributed by atoms with Crippen LogP contribution in [0.2, 0.25) is 0 Å². The summed E-state index contributed by atoms with van der Waals surface area (Å²) in [6, 6.07) is 11.0. The van der Waals surface area contributed by atoms with Crippen LogP contribution in [0.1, 0.15) is 19.4 Å². The molecule has 0 fully saturated rings. The molecule has 0 aromatic heterocycles. The number of rotatable bonds is 2. The van der Waals surface area contributed by atoms with Crippen molar-refractivity contribution < 1.29 is 0 Å². The number of hydrogen-bond donors (Lipinski definition) is 0. The number of hydrogen-bond acceptors (Lipinski definition) is 2. The Kier molecular flexibility index (Phi) is 4.03. The fourth-order valence-electron chi connectivity index (χ4n) is 0.999. The fourth-order valence-corrected chi connectivity index (χ4v) is 1.81. The highest BCUT2D eigenvalue weighted by Gasteiger charge is 2.04. The Morgan fingerprint density at radius 2 is 2.31 bits per heavy atom. The molecule has 0 unspecified atom stereocenters. The maximum absolute atomic E-state index is 4.26. The standard InChI is InChI=1S/C11H14NS/c1-9(2)13-11(12-3)10-7-5-4-6-8-10/h4-5,7-9H,1-3H3/b12-11+. The third-order valence-corrected chi connectivity index (χ3v) is 2.62. The van der Waals surface area contributed by atoms with Crippen molar-refractivity contribution in [1.82, 2.24) is 0 Å². The van der Waals surface area contributed by atoms with E-state index in [1.54, 1.807) is 11.8 Å². The summed E-state index contributed by atoms with van der Waals surface area (Å²) in [6.07, 6.45) is 0. The van der Waals surface area contributed by atoms with Crippen LogP contribution in [0.4, 0.5) is 0 Å². The van der Waals surface area contributed by atoms with Crippen LogP contribution >= 0.6 is 11.8 Å². The summed E-state index contributed by atoms with van der Waals surface area (Å²) in [5, 5.41) is 1.66. The van der Waals surface area contributed by atoms with E-state index in [9.17, 15) is 0 Å². The first-order chi connectivity index (χ1) is 6.24. The second kappa shape index (κ2) is 5.07. The molecule has 13 heavy (non-hydrogen) atoms. The molecule has 0 aliphatic heterocycles. The molecule has 0 bridgehead atoms. The minimum atomic E-state index is 0.568. The molecule has 1 aromatic carbocycles. The zero-order chi connectivity index (χ0) is 9.68. The van der Waals surface area contributed by atoms with Gasteiger partial charge in [-0.15, -0.1) is 11.8 Å². The van der Waals surface area contributed by atoms with Crippen LogP contribution in [0.5, 0.6) is 0 Å². The van der Waals surface area contributed by atoms with Crippen molar-refractivity contribution >= 4 is 16.8 Å². The van der Waals surface area contributed by atoms with E-state index < -0.39 is 0 Å². The summed E-state index contributed by atoms with van der Waals surface area (Å²) in [7, 11) is 1.83. The van der Waals surface area contributed by atoms with Crippen molar-refractivity contribution in [3.05, 3.63) is 35.9 Å². The lowest BCUT2D eigenvalue weighted by Gasteiger charge is -2.07. The minimum absolute atomic E-state index is 0.568. The average molecular weight is 192 g/mol. The molecule has 0 aliphatic rings. The van der Waals surface area contributed by atoms with Gasteiger partial charge in [-0.2, -0.15) is 0 Å². The molecule has 0 saturated heterocycles. The zero-order valence-electron chi connectivity index (χ0n) is 8.24. The highest BCUT2D eigenvalue weighted by Crippen LogP contribution is 2.17. The topological polar surface area (TPSA) is 12.4 Å². The molecule has 1 rings (SSSR count). The highest BCUT2D eigenvalue weighted by atomic mass is 32.2. The lowest BCUT2D eigenvalue weighted by molar-refractivity contribution is 1.12. The normalized spacial score (nSPS) is 12.2. The summed E-state index contributed by atoms with van der Waals surface area (Å²) < 4.78 is 0. The van der Waals surface area contributed by atoms with E-state index in [0.717, 1.165) is 10.6 Å². The molecule has 0 atom stereocenters. The van der Waals surface area contributed by atoms with Gasteiger partial charge in [0.05, 0.1) is 5.04 Å². The lowest BCUT2D eigenvalue weighted by atomic mass is 10.2. The van der Waals surface area contributed by atoms with E-state index in [-0.39, 0.29) is 0 Å². The van der Waals surface area contributed by atoms with E-state index in [1.807, 2.05) is 25.2 Å². The Labute approximate surface area is 84.3 Å². The first-order valence-corrected chi connectivity index (χ1v) is 5.22. The van der Waals surface area contributed by atoms with Crippen molar-refractivity contribution in [3.8, 4) is 0 Å². The predicted octanol–water partition coefficient (Wildman–Crippen LogP) is 3.00. The van der Waals surface area contributed by atoms with Gasteiger partial charge < -0.3 is 0 Å². The van der Waals surface area contributed by atoms with Crippen molar-refractivity contribution in [2.45, 2.75) is 19.1 Å². The third-order valence-electron chi connectivity index (χ3n) is 1.50. The molecular weight excluding hydrogens is 178 g/mol. The molecule has 0 N–H and O–H groups in total. The zero-order valence-corrected chi connectivity index (χ0v) is 9.06. The van der Waals surface area contributed by atoms with E-state index in [0.29, 0.717) is 5.25 Å². The van der Waals surface area contributed by atoms with Gasteiger partial charge in [0, 0.05) is 17.9 Å². The Bertz CT molecular complexity index is 277. The smallest absolute Gasteiger partial charge is 0.0976 e. The number of thioether (sulfide) groups is 1. The monoisotopic (exact) mass is 192 g/mol. The molecule has 0 heterocycles. The van der Waals surface area contributed by atoms with Gasteiger partial charge >= 0.3 is 0 Å². The van der Waals surface area contributed by atoms with Gasteiger partial charge in [0.25, 0.3) is 0 Å². The predicted molar refractivity (Wildman–Crippen MR) is 60.5 cm³/mol. The number of benzene rings is 1. The van der Waals surface area contributed by atoms with Gasteiger partial charge in [-0.25, -0.2) is 0 Å². The molecule has 1 aromatic rings. The second-order valence-electron chi connectivity index (χ2n) is 2.99. The summed E-state index contributed by atoms with van der Waals surface area (Å²) in [5.74, 6) is 0. The van der Waals surface area contributed by atoms with Crippen LogP contribution in [-0.4, -0.2) is 17.3 Å². The van der Waals surface area contributed by atoms with Gasteiger partial charge in [-0.3, -0.25) is 4.99 Å². The summed E-state index contributed by atoms with van der Waals surface area (Å²) in [5.41, 5.74) is 1.16. The van der Waals surface area contributed by atoms with E-state index in [4.69, 9.17) is 0 Å². The lowest BCUT2D eigenvalue weighted by Crippen LogP contribution is -2.00. The maximum Gasteiger partial charge on any atom is 0.0976 e. The van der Waals surface area contributed by atoms with Gasteiger partial charge in [0.15, 0.2) is 0 Å². The maximum atomic E-state index is 4.26. The van der Waals surface area contributed by atoms with Crippen LogP contribution < -0.4 is 0 Å². The van der Waals surface area contributed by atoms with E-state index >= 15 is 0 Å². The van der Waals surface area contributed by atoms with Gasteiger partial charge in [0.1, 0.15) is 0 Å². The molecule has 0 aliphatic carbocycles. The quantitative estimate of drug-likeness (QED) is 0.518. The SMILES string of the molecule is C/N=C(/SC(C)C)c1c[c]ccc1. The van der Waals surface area contributed by atoms with Crippen LogP contribution in [0, 0.1) is 6.07 Å². The Morgan fingerprint density at radius 1 is 1.54 bits per heavy atom. The van der Waals surface area contributed by atoms with Crippen LogP contribution in [-0.2, 0) is 0 Å². The Balaban J connectivity index is 2.80. The van der Waals surface area contributed by atoms with Gasteiger partial charge in [-0.05, 0) is 12.1 Å². The van der Waals surface area contributed by atoms with Crippen molar-refractivity contribution in [3.63, 3.8) is 0 Å². The van der Waals surface area contributed by atoms with Crippen LogP contribution in [0.3, 0.4) is 0 Å². The van der Waals surface area contributed by atoms with Crippen LogP contribution in [0.25, 0.3) is 0 Å². The Morgan fingerprint density at radius 3 is 2.77 bits per heavy atom. The highest BCUT2D eigenvalue weighted by molar-refractivity contribution is 8.14. The Hall–Kier alpha value is -0.760. The summed E-state index contributed by atoms with van der Waals surface area (Å²) in [4.78, 5) is 4.26. The molecule has 0 saturated carbocycles. The van der Waals surface area contributed by atoms with Gasteiger partial charge in [0.2, 0.25) is 0 Å². The van der Waals surface area contributed by atoms with Crippen molar-refractivity contribution in [2.75, 3.05) is 7.05 Å². The molecule has 0 amide bonds.